The Balaban J connectivity index is 1.12. The first kappa shape index (κ1) is 62.3. The van der Waals surface area contributed by atoms with Gasteiger partial charge in [0.05, 0.1) is 26.4 Å². The molecule has 0 fully saturated rings. The van der Waals surface area contributed by atoms with Crippen LogP contribution in [-0.2, 0) is 0 Å². The lowest BCUT2D eigenvalue weighted by molar-refractivity contribution is 0.258. The molecule has 0 aliphatic rings. The largest absolute Gasteiger partial charge is 0.490 e. The van der Waals surface area contributed by atoms with Gasteiger partial charge < -0.3 is 18.9 Å². The molecule has 0 atom stereocenters. The summed E-state index contributed by atoms with van der Waals surface area (Å²) in [5, 5.41) is 4.86. The molecule has 0 bridgehead atoms. The van der Waals surface area contributed by atoms with Gasteiger partial charge in [-0.15, -0.1) is 0 Å². The molecular weight excluding hydrogens is 1110 g/mol. The normalized spacial score (nSPS) is 11.7. The molecule has 0 aliphatic carbocycles. The third-order valence-electron chi connectivity index (χ3n) is 15.3. The molecule has 0 amide bonds. The van der Waals surface area contributed by atoms with E-state index in [9.17, 15) is 0 Å². The third kappa shape index (κ3) is 20.0. The minimum atomic E-state index is 0.704. The maximum absolute atomic E-state index is 6.45. The van der Waals surface area contributed by atoms with Crippen molar-refractivity contribution in [1.29, 1.82) is 0 Å². The standard InChI is InChI=1S/C74H92Br2O4/c1-5-9-13-17-21-25-49-77-69-47-37-59(53-71(69)79-51-27-23-19-15-11-7-3)31-29-57-33-39-61(40-34-57)73-67-55-63(75)43-45-65(67)66-46-44-64(76)56-68(66)74(73)62-41-35-58(36-42-62)30-32-60-38-48-70(78-50-26-22-18-14-10-6-2)72(54-60)80-52-28-24-20-16-12-8-4/h29-48,53-56H,5-28,49-52H2,1-4H3/b31-29+,32-30+. The molecular formula is C74H92Br2O4. The zero-order valence-corrected chi connectivity index (χ0v) is 52.2. The zero-order valence-electron chi connectivity index (χ0n) is 49.0. The van der Waals surface area contributed by atoms with Crippen LogP contribution in [0.5, 0.6) is 23.0 Å². The van der Waals surface area contributed by atoms with Crippen molar-refractivity contribution in [3.05, 3.63) is 153 Å². The SMILES string of the molecule is CCCCCCCCOc1ccc(/C=C/c2ccc(-c3c(-c4ccc(/C=C/c5ccc(OCCCCCCCC)c(OCCCCCCCC)c5)cc4)c4cc(Br)ccc4c4ccc(Br)cc34)cc2)cc1OCCCCCCCC. The van der Waals surface area contributed by atoms with Crippen molar-refractivity contribution in [3.63, 3.8) is 0 Å². The molecule has 80 heavy (non-hydrogen) atoms. The minimum absolute atomic E-state index is 0.704. The first-order chi connectivity index (χ1) is 39.4. The summed E-state index contributed by atoms with van der Waals surface area (Å²) in [6.45, 7) is 11.9. The van der Waals surface area contributed by atoms with Crippen molar-refractivity contribution in [3.8, 4) is 45.3 Å². The number of ether oxygens (including phenoxy) is 4. The molecule has 0 saturated heterocycles. The molecule has 426 valence electrons. The fourth-order valence-electron chi connectivity index (χ4n) is 10.7. The van der Waals surface area contributed by atoms with Crippen LogP contribution in [0.1, 0.15) is 204 Å². The molecule has 0 aliphatic heterocycles. The van der Waals surface area contributed by atoms with E-state index in [1.165, 1.54) is 161 Å². The van der Waals surface area contributed by atoms with Crippen molar-refractivity contribution < 1.29 is 18.9 Å². The number of hydrogen-bond donors (Lipinski definition) is 0. The molecule has 0 unspecified atom stereocenters. The smallest absolute Gasteiger partial charge is 0.161 e. The van der Waals surface area contributed by atoms with Gasteiger partial charge in [-0.05, 0) is 140 Å². The molecule has 0 radical (unpaired) electrons. The Labute approximate surface area is 499 Å². The molecule has 0 saturated carbocycles. The van der Waals surface area contributed by atoms with Gasteiger partial charge in [0.2, 0.25) is 0 Å². The summed E-state index contributed by atoms with van der Waals surface area (Å²) in [7, 11) is 0. The average Bonchev–Trinajstić information content (AvgIpc) is 3.49. The summed E-state index contributed by atoms with van der Waals surface area (Å²) in [6.07, 6.45) is 38.4. The summed E-state index contributed by atoms with van der Waals surface area (Å²) in [5.74, 6) is 3.37. The van der Waals surface area contributed by atoms with E-state index < -0.39 is 0 Å². The fraction of sp³-hybridized carbons (Fsp3) is 0.432. The third-order valence-corrected chi connectivity index (χ3v) is 16.3. The van der Waals surface area contributed by atoms with Crippen LogP contribution in [0.2, 0.25) is 0 Å². The Morgan fingerprint density at radius 1 is 0.275 bits per heavy atom. The number of halogens is 2. The van der Waals surface area contributed by atoms with Crippen LogP contribution in [0.4, 0.5) is 0 Å². The lowest BCUT2D eigenvalue weighted by atomic mass is 9.84. The molecule has 0 heterocycles. The van der Waals surface area contributed by atoms with E-state index in [2.05, 4.69) is 205 Å². The predicted molar refractivity (Wildman–Crippen MR) is 354 cm³/mol. The minimum Gasteiger partial charge on any atom is -0.490 e. The molecule has 7 rings (SSSR count). The van der Waals surface area contributed by atoms with Crippen molar-refractivity contribution in [1.82, 2.24) is 0 Å². The van der Waals surface area contributed by atoms with Crippen molar-refractivity contribution in [2.24, 2.45) is 0 Å². The van der Waals surface area contributed by atoms with Crippen LogP contribution < -0.4 is 18.9 Å². The van der Waals surface area contributed by atoms with Gasteiger partial charge in [0.15, 0.2) is 23.0 Å². The van der Waals surface area contributed by atoms with E-state index >= 15 is 0 Å². The average molecular weight is 1210 g/mol. The van der Waals surface area contributed by atoms with Gasteiger partial charge in [0, 0.05) is 8.95 Å². The topological polar surface area (TPSA) is 36.9 Å². The van der Waals surface area contributed by atoms with Crippen LogP contribution in [0.3, 0.4) is 0 Å². The van der Waals surface area contributed by atoms with Gasteiger partial charge in [-0.25, -0.2) is 0 Å². The first-order valence-corrected chi connectivity index (χ1v) is 32.7. The van der Waals surface area contributed by atoms with Gasteiger partial charge >= 0.3 is 0 Å². The van der Waals surface area contributed by atoms with Gasteiger partial charge in [-0.1, -0.05) is 285 Å². The second-order valence-corrected chi connectivity index (χ2v) is 23.7. The highest BCUT2D eigenvalue weighted by atomic mass is 79.9. The highest BCUT2D eigenvalue weighted by Crippen LogP contribution is 2.46. The van der Waals surface area contributed by atoms with Crippen LogP contribution in [-0.4, -0.2) is 26.4 Å². The Bertz CT molecular complexity index is 2770. The summed E-state index contributed by atoms with van der Waals surface area (Å²) in [5.41, 5.74) is 9.19. The monoisotopic (exact) mass is 1200 g/mol. The first-order valence-electron chi connectivity index (χ1n) is 31.1. The van der Waals surface area contributed by atoms with Gasteiger partial charge in [-0.2, -0.15) is 0 Å². The summed E-state index contributed by atoms with van der Waals surface area (Å²) >= 11 is 7.72. The summed E-state index contributed by atoms with van der Waals surface area (Å²) in [6, 6.07) is 44.3. The molecule has 7 aromatic rings. The molecule has 0 spiro atoms. The Morgan fingerprint density at radius 3 is 0.900 bits per heavy atom. The van der Waals surface area contributed by atoms with E-state index in [4.69, 9.17) is 18.9 Å². The van der Waals surface area contributed by atoms with E-state index in [0.717, 1.165) is 91.0 Å². The zero-order chi connectivity index (χ0) is 56.0. The predicted octanol–water partition coefficient (Wildman–Crippen LogP) is 24.2. The van der Waals surface area contributed by atoms with E-state index in [-0.39, 0.29) is 0 Å². The van der Waals surface area contributed by atoms with Gasteiger partial charge in [-0.3, -0.25) is 0 Å². The van der Waals surface area contributed by atoms with Crippen molar-refractivity contribution >= 4 is 77.7 Å². The summed E-state index contributed by atoms with van der Waals surface area (Å²) < 4.78 is 27.7. The lowest BCUT2D eigenvalue weighted by Crippen LogP contribution is -2.03. The van der Waals surface area contributed by atoms with E-state index in [1.54, 1.807) is 0 Å². The van der Waals surface area contributed by atoms with Crippen LogP contribution in [0, 0.1) is 0 Å². The second-order valence-electron chi connectivity index (χ2n) is 21.9. The summed E-state index contributed by atoms with van der Waals surface area (Å²) in [4.78, 5) is 0. The quantitative estimate of drug-likeness (QED) is 0.0220. The van der Waals surface area contributed by atoms with Gasteiger partial charge in [0.1, 0.15) is 0 Å². The fourth-order valence-corrected chi connectivity index (χ4v) is 11.4. The van der Waals surface area contributed by atoms with E-state index in [0.29, 0.717) is 26.4 Å². The van der Waals surface area contributed by atoms with Crippen LogP contribution in [0.15, 0.2) is 130 Å². The van der Waals surface area contributed by atoms with Gasteiger partial charge in [0.25, 0.3) is 0 Å². The molecule has 0 aromatic heterocycles. The maximum atomic E-state index is 6.45. The molecule has 4 nitrogen and oxygen atoms in total. The Kier molecular flexibility index (Phi) is 27.7. The number of benzene rings is 7. The van der Waals surface area contributed by atoms with Crippen molar-refractivity contribution in [2.45, 2.75) is 182 Å². The van der Waals surface area contributed by atoms with E-state index in [1.807, 2.05) is 0 Å². The van der Waals surface area contributed by atoms with Crippen LogP contribution in [0.25, 0.3) is 68.1 Å². The van der Waals surface area contributed by atoms with Crippen LogP contribution >= 0.6 is 31.9 Å². The molecule has 6 heteroatoms. The number of unbranched alkanes of at least 4 members (excludes halogenated alkanes) is 20. The molecule has 7 aromatic carbocycles. The van der Waals surface area contributed by atoms with Crippen molar-refractivity contribution in [2.75, 3.05) is 26.4 Å². The number of rotatable bonds is 38. The second kappa shape index (κ2) is 35.5. The highest BCUT2D eigenvalue weighted by Gasteiger charge is 2.19. The molecule has 0 N–H and O–H groups in total. The lowest BCUT2D eigenvalue weighted by Gasteiger charge is -2.19. The maximum Gasteiger partial charge on any atom is 0.161 e. The Morgan fingerprint density at radius 2 is 0.562 bits per heavy atom. The Hall–Kier alpha value is -5.30. The highest BCUT2D eigenvalue weighted by molar-refractivity contribution is 9.10. The number of fused-ring (bicyclic) bond motifs is 3. The number of hydrogen-bond acceptors (Lipinski definition) is 4.